The van der Waals surface area contributed by atoms with Gasteiger partial charge < -0.3 is 11.1 Å². The zero-order valence-corrected chi connectivity index (χ0v) is 10.8. The fourth-order valence-corrected chi connectivity index (χ4v) is 1.61. The van der Waals surface area contributed by atoms with Crippen molar-refractivity contribution in [3.05, 3.63) is 53.6 Å². The molecule has 0 aliphatic heterocycles. The summed E-state index contributed by atoms with van der Waals surface area (Å²) in [5.41, 5.74) is 8.60. The molecule has 5 nitrogen and oxygen atoms in total. The SMILES string of the molecule is Cc1cnc(C(=O)NCCc2ccc(N)cc2)cn1. The summed E-state index contributed by atoms with van der Waals surface area (Å²) in [6, 6.07) is 7.60. The Bertz CT molecular complexity index is 549. The van der Waals surface area contributed by atoms with Crippen molar-refractivity contribution in [1.29, 1.82) is 0 Å². The number of nitrogens with two attached hydrogens (primary N) is 1. The largest absolute Gasteiger partial charge is 0.399 e. The summed E-state index contributed by atoms with van der Waals surface area (Å²) in [5, 5.41) is 2.81. The molecule has 0 fully saturated rings. The molecule has 1 amide bonds. The average molecular weight is 256 g/mol. The minimum Gasteiger partial charge on any atom is -0.399 e. The van der Waals surface area contributed by atoms with E-state index >= 15 is 0 Å². The second-order valence-corrected chi connectivity index (χ2v) is 4.29. The maximum absolute atomic E-state index is 11.8. The highest BCUT2D eigenvalue weighted by molar-refractivity contribution is 5.91. The highest BCUT2D eigenvalue weighted by Gasteiger charge is 2.06. The number of aryl methyl sites for hydroxylation is 1. The first-order chi connectivity index (χ1) is 9.15. The maximum atomic E-state index is 11.8. The van der Waals surface area contributed by atoms with E-state index in [1.54, 1.807) is 6.20 Å². The summed E-state index contributed by atoms with van der Waals surface area (Å²) in [6.07, 6.45) is 3.81. The monoisotopic (exact) mass is 256 g/mol. The number of hydrogen-bond acceptors (Lipinski definition) is 4. The highest BCUT2D eigenvalue weighted by Crippen LogP contribution is 2.05. The molecule has 19 heavy (non-hydrogen) atoms. The van der Waals surface area contributed by atoms with Gasteiger partial charge in [-0.05, 0) is 31.0 Å². The van der Waals surface area contributed by atoms with E-state index in [0.29, 0.717) is 12.2 Å². The molecule has 2 rings (SSSR count). The average Bonchev–Trinajstić information content (AvgIpc) is 2.41. The fourth-order valence-electron chi connectivity index (χ4n) is 1.61. The lowest BCUT2D eigenvalue weighted by atomic mass is 10.1. The number of nitrogen functional groups attached to an aromatic ring is 1. The molecule has 0 spiro atoms. The van der Waals surface area contributed by atoms with Crippen molar-refractivity contribution >= 4 is 11.6 Å². The molecule has 0 unspecified atom stereocenters. The van der Waals surface area contributed by atoms with Gasteiger partial charge in [-0.3, -0.25) is 9.78 Å². The topological polar surface area (TPSA) is 80.9 Å². The summed E-state index contributed by atoms with van der Waals surface area (Å²) in [4.78, 5) is 19.8. The third-order valence-corrected chi connectivity index (χ3v) is 2.69. The number of carbonyl (C=O) groups is 1. The van der Waals surface area contributed by atoms with Gasteiger partial charge in [-0.15, -0.1) is 0 Å². The standard InChI is InChI=1S/C14H16N4O/c1-10-8-18-13(9-17-10)14(19)16-7-6-11-2-4-12(15)5-3-11/h2-5,8-9H,6-7,15H2,1H3,(H,16,19). The second kappa shape index (κ2) is 5.95. The van der Waals surface area contributed by atoms with Crippen LogP contribution in [0.15, 0.2) is 36.7 Å². The van der Waals surface area contributed by atoms with Gasteiger partial charge in [0.25, 0.3) is 5.91 Å². The molecule has 0 saturated carbocycles. The third kappa shape index (κ3) is 3.77. The number of carbonyl (C=O) groups excluding carboxylic acids is 1. The molecule has 0 radical (unpaired) electrons. The molecule has 1 heterocycles. The van der Waals surface area contributed by atoms with Gasteiger partial charge in [0, 0.05) is 18.4 Å². The number of nitrogens with zero attached hydrogens (tertiary/aromatic N) is 2. The Labute approximate surface area is 111 Å². The molecule has 3 N–H and O–H groups in total. The van der Waals surface area contributed by atoms with E-state index in [1.165, 1.54) is 6.20 Å². The lowest BCUT2D eigenvalue weighted by molar-refractivity contribution is 0.0948. The minimum atomic E-state index is -0.206. The zero-order chi connectivity index (χ0) is 13.7. The van der Waals surface area contributed by atoms with Gasteiger partial charge in [0.1, 0.15) is 5.69 Å². The quantitative estimate of drug-likeness (QED) is 0.809. The van der Waals surface area contributed by atoms with Crippen LogP contribution in [0.3, 0.4) is 0 Å². The van der Waals surface area contributed by atoms with Crippen molar-refractivity contribution in [2.45, 2.75) is 13.3 Å². The Morgan fingerprint density at radius 3 is 2.58 bits per heavy atom. The van der Waals surface area contributed by atoms with Gasteiger partial charge in [-0.25, -0.2) is 4.98 Å². The molecular formula is C14H16N4O. The van der Waals surface area contributed by atoms with Crippen molar-refractivity contribution < 1.29 is 4.79 Å². The van der Waals surface area contributed by atoms with Crippen molar-refractivity contribution in [2.75, 3.05) is 12.3 Å². The van der Waals surface area contributed by atoms with E-state index < -0.39 is 0 Å². The van der Waals surface area contributed by atoms with Crippen LogP contribution in [0.1, 0.15) is 21.7 Å². The van der Waals surface area contributed by atoms with Crippen LogP contribution in [0.2, 0.25) is 0 Å². The summed E-state index contributed by atoms with van der Waals surface area (Å²) in [5.74, 6) is -0.206. The van der Waals surface area contributed by atoms with Crippen LogP contribution >= 0.6 is 0 Å². The number of rotatable bonds is 4. The molecule has 2 aromatic rings. The number of benzene rings is 1. The number of anilines is 1. The van der Waals surface area contributed by atoms with Crippen LogP contribution in [0.25, 0.3) is 0 Å². The molecule has 0 bridgehead atoms. The normalized spacial score (nSPS) is 10.2. The van der Waals surface area contributed by atoms with Crippen LogP contribution in [0.4, 0.5) is 5.69 Å². The summed E-state index contributed by atoms with van der Waals surface area (Å²) >= 11 is 0. The smallest absolute Gasteiger partial charge is 0.271 e. The van der Waals surface area contributed by atoms with E-state index in [0.717, 1.165) is 23.4 Å². The Hall–Kier alpha value is -2.43. The van der Waals surface area contributed by atoms with E-state index in [9.17, 15) is 4.79 Å². The molecule has 1 aromatic heterocycles. The Morgan fingerprint density at radius 2 is 1.95 bits per heavy atom. The zero-order valence-electron chi connectivity index (χ0n) is 10.8. The lowest BCUT2D eigenvalue weighted by Crippen LogP contribution is -2.26. The van der Waals surface area contributed by atoms with E-state index in [-0.39, 0.29) is 5.91 Å². The Morgan fingerprint density at radius 1 is 1.21 bits per heavy atom. The first-order valence-electron chi connectivity index (χ1n) is 6.06. The molecule has 0 aliphatic rings. The minimum absolute atomic E-state index is 0.206. The van der Waals surface area contributed by atoms with Gasteiger partial charge in [-0.1, -0.05) is 12.1 Å². The highest BCUT2D eigenvalue weighted by atomic mass is 16.1. The van der Waals surface area contributed by atoms with Crippen LogP contribution < -0.4 is 11.1 Å². The predicted octanol–water partition coefficient (Wildman–Crippen LogP) is 1.34. The van der Waals surface area contributed by atoms with Gasteiger partial charge in [0.15, 0.2) is 0 Å². The fraction of sp³-hybridized carbons (Fsp3) is 0.214. The summed E-state index contributed by atoms with van der Waals surface area (Å²) in [7, 11) is 0. The first-order valence-corrected chi connectivity index (χ1v) is 6.06. The summed E-state index contributed by atoms with van der Waals surface area (Å²) < 4.78 is 0. The number of amides is 1. The van der Waals surface area contributed by atoms with Crippen LogP contribution in [0.5, 0.6) is 0 Å². The molecular weight excluding hydrogens is 240 g/mol. The van der Waals surface area contributed by atoms with Gasteiger partial charge in [-0.2, -0.15) is 0 Å². The van der Waals surface area contributed by atoms with Crippen molar-refractivity contribution in [1.82, 2.24) is 15.3 Å². The number of hydrogen-bond donors (Lipinski definition) is 2. The molecule has 98 valence electrons. The molecule has 0 atom stereocenters. The molecule has 0 saturated heterocycles. The van der Waals surface area contributed by atoms with Gasteiger partial charge in [0.05, 0.1) is 11.9 Å². The number of nitrogens with one attached hydrogen (secondary N) is 1. The van der Waals surface area contributed by atoms with Crippen molar-refractivity contribution in [3.8, 4) is 0 Å². The van der Waals surface area contributed by atoms with E-state index in [1.807, 2.05) is 31.2 Å². The molecule has 0 aliphatic carbocycles. The van der Waals surface area contributed by atoms with E-state index in [2.05, 4.69) is 15.3 Å². The Balaban J connectivity index is 1.84. The maximum Gasteiger partial charge on any atom is 0.271 e. The van der Waals surface area contributed by atoms with E-state index in [4.69, 9.17) is 5.73 Å². The predicted molar refractivity (Wildman–Crippen MR) is 73.7 cm³/mol. The van der Waals surface area contributed by atoms with Gasteiger partial charge >= 0.3 is 0 Å². The van der Waals surface area contributed by atoms with Gasteiger partial charge in [0.2, 0.25) is 0 Å². The van der Waals surface area contributed by atoms with Crippen molar-refractivity contribution in [3.63, 3.8) is 0 Å². The summed E-state index contributed by atoms with van der Waals surface area (Å²) in [6.45, 7) is 2.38. The molecule has 5 heteroatoms. The van der Waals surface area contributed by atoms with Crippen LogP contribution in [0, 0.1) is 6.92 Å². The first kappa shape index (κ1) is 13.0. The van der Waals surface area contributed by atoms with Crippen molar-refractivity contribution in [2.24, 2.45) is 0 Å². The Kier molecular flexibility index (Phi) is 4.07. The number of aromatic nitrogens is 2. The molecule has 1 aromatic carbocycles. The van der Waals surface area contributed by atoms with Crippen LogP contribution in [-0.4, -0.2) is 22.4 Å². The third-order valence-electron chi connectivity index (χ3n) is 2.69. The second-order valence-electron chi connectivity index (χ2n) is 4.29. The lowest BCUT2D eigenvalue weighted by Gasteiger charge is -2.05. The van der Waals surface area contributed by atoms with Crippen LogP contribution in [-0.2, 0) is 6.42 Å².